The summed E-state index contributed by atoms with van der Waals surface area (Å²) in [4.78, 5) is 30.9. The van der Waals surface area contributed by atoms with Gasteiger partial charge in [-0.2, -0.15) is 5.10 Å². The van der Waals surface area contributed by atoms with Crippen molar-refractivity contribution in [3.8, 4) is 11.5 Å². The average Bonchev–Trinajstić information content (AvgIpc) is 3.01. The van der Waals surface area contributed by atoms with Crippen LogP contribution in [0.1, 0.15) is 11.1 Å². The molecule has 3 N–H and O–H groups in total. The van der Waals surface area contributed by atoms with Gasteiger partial charge in [-0.05, 0) is 42.8 Å². The summed E-state index contributed by atoms with van der Waals surface area (Å²) in [5.74, 6) is 0.251. The zero-order valence-corrected chi connectivity index (χ0v) is 14.6. The van der Waals surface area contributed by atoms with Crippen molar-refractivity contribution in [2.45, 2.75) is 6.92 Å². The van der Waals surface area contributed by atoms with Gasteiger partial charge in [-0.25, -0.2) is 4.79 Å². The Labute approximate surface area is 152 Å². The Balaban J connectivity index is 1.86. The summed E-state index contributed by atoms with van der Waals surface area (Å²) in [6.45, 7) is 1.94. The highest BCUT2D eigenvalue weighted by atomic mass is 16.5. The first-order valence-corrected chi connectivity index (χ1v) is 8.16. The molecule has 0 bridgehead atoms. The number of aromatic hydroxyl groups is 1. The zero-order chi connectivity index (χ0) is 19.1. The number of fused-ring (bicyclic) bond motifs is 3. The number of nitrogens with zero attached hydrogens (tertiary/aromatic N) is 2. The smallest absolute Gasteiger partial charge is 0.350 e. The Morgan fingerprint density at radius 3 is 2.70 bits per heavy atom. The molecule has 0 atom stereocenters. The van der Waals surface area contributed by atoms with Gasteiger partial charge in [0, 0.05) is 10.9 Å². The molecule has 2 heterocycles. The molecule has 0 saturated heterocycles. The molecule has 27 heavy (non-hydrogen) atoms. The molecule has 0 fully saturated rings. The molecular weight excluding hydrogens is 348 g/mol. The van der Waals surface area contributed by atoms with Crippen LogP contribution in [-0.2, 0) is 0 Å². The molecule has 2 aromatic heterocycles. The number of rotatable bonds is 3. The van der Waals surface area contributed by atoms with Crippen LogP contribution in [0, 0.1) is 6.92 Å². The fraction of sp³-hybridized carbons (Fsp3) is 0.105. The predicted molar refractivity (Wildman–Crippen MR) is 103 cm³/mol. The van der Waals surface area contributed by atoms with Gasteiger partial charge in [0.05, 0.1) is 18.8 Å². The van der Waals surface area contributed by atoms with Crippen LogP contribution in [-0.4, -0.2) is 33.1 Å². The fourth-order valence-electron chi connectivity index (χ4n) is 2.96. The highest BCUT2D eigenvalue weighted by Crippen LogP contribution is 2.25. The molecule has 136 valence electrons. The van der Waals surface area contributed by atoms with Crippen LogP contribution in [0.3, 0.4) is 0 Å². The largest absolute Gasteiger partial charge is 0.504 e. The maximum Gasteiger partial charge on any atom is 0.350 e. The quantitative estimate of drug-likeness (QED) is 0.483. The number of H-pyrrole nitrogens is 2. The van der Waals surface area contributed by atoms with Crippen LogP contribution < -0.4 is 16.0 Å². The molecule has 8 nitrogen and oxygen atoms in total. The monoisotopic (exact) mass is 364 g/mol. The second-order valence-electron chi connectivity index (χ2n) is 6.15. The first-order valence-electron chi connectivity index (χ1n) is 8.16. The Hall–Kier alpha value is -3.81. The predicted octanol–water partition coefficient (Wildman–Crippen LogP) is 2.08. The summed E-state index contributed by atoms with van der Waals surface area (Å²) in [6, 6.07) is 10.3. The molecule has 0 aliphatic carbocycles. The second-order valence-corrected chi connectivity index (χ2v) is 6.15. The van der Waals surface area contributed by atoms with Gasteiger partial charge in [-0.3, -0.25) is 4.79 Å². The maximum absolute atomic E-state index is 12.7. The van der Waals surface area contributed by atoms with Crippen LogP contribution in [0.25, 0.3) is 21.9 Å². The van der Waals surface area contributed by atoms with E-state index in [0.717, 1.165) is 21.1 Å². The maximum atomic E-state index is 12.7. The lowest BCUT2D eigenvalue weighted by Crippen LogP contribution is -2.32. The summed E-state index contributed by atoms with van der Waals surface area (Å²) in [5, 5.41) is 14.4. The second kappa shape index (κ2) is 6.17. The molecule has 0 amide bonds. The third-order valence-corrected chi connectivity index (χ3v) is 4.31. The van der Waals surface area contributed by atoms with Gasteiger partial charge < -0.3 is 19.8 Å². The van der Waals surface area contributed by atoms with Crippen LogP contribution in [0.2, 0.25) is 0 Å². The van der Waals surface area contributed by atoms with Crippen LogP contribution >= 0.6 is 0 Å². The number of aromatic nitrogens is 3. The first-order chi connectivity index (χ1) is 13.0. The molecule has 0 saturated carbocycles. The van der Waals surface area contributed by atoms with Crippen LogP contribution in [0.4, 0.5) is 0 Å². The van der Waals surface area contributed by atoms with E-state index in [1.54, 1.807) is 12.1 Å². The van der Waals surface area contributed by atoms with Gasteiger partial charge in [0.2, 0.25) is 0 Å². The van der Waals surface area contributed by atoms with Crippen molar-refractivity contribution < 1.29 is 9.84 Å². The summed E-state index contributed by atoms with van der Waals surface area (Å²) >= 11 is 0. The highest BCUT2D eigenvalue weighted by molar-refractivity contribution is 6.04. The molecule has 4 rings (SSSR count). The minimum absolute atomic E-state index is 0.0144. The molecule has 8 heteroatoms. The van der Waals surface area contributed by atoms with E-state index in [2.05, 4.69) is 15.1 Å². The van der Waals surface area contributed by atoms with Crippen molar-refractivity contribution >= 4 is 28.2 Å². The Morgan fingerprint density at radius 2 is 1.93 bits per heavy atom. The molecule has 0 unspecified atom stereocenters. The van der Waals surface area contributed by atoms with Gasteiger partial charge in [0.25, 0.3) is 0 Å². The summed E-state index contributed by atoms with van der Waals surface area (Å²) < 4.78 is 5.79. The number of ether oxygens (including phenoxy) is 1. The summed E-state index contributed by atoms with van der Waals surface area (Å²) in [7, 11) is 1.43. The number of aryl methyl sites for hydroxylation is 1. The van der Waals surface area contributed by atoms with E-state index < -0.39 is 11.2 Å². The number of phenols is 1. The minimum Gasteiger partial charge on any atom is -0.504 e. The van der Waals surface area contributed by atoms with Gasteiger partial charge in [0.1, 0.15) is 5.52 Å². The van der Waals surface area contributed by atoms with E-state index >= 15 is 0 Å². The van der Waals surface area contributed by atoms with E-state index in [4.69, 9.17) is 4.74 Å². The average molecular weight is 364 g/mol. The first kappa shape index (κ1) is 16.6. The third kappa shape index (κ3) is 2.77. The lowest BCUT2D eigenvalue weighted by molar-refractivity contribution is 0.373. The van der Waals surface area contributed by atoms with Crippen molar-refractivity contribution in [2.24, 2.45) is 5.10 Å². The lowest BCUT2D eigenvalue weighted by atomic mass is 10.2. The normalized spacial score (nSPS) is 11.6. The van der Waals surface area contributed by atoms with E-state index in [-0.39, 0.29) is 17.0 Å². The molecule has 0 aliphatic rings. The Morgan fingerprint density at radius 1 is 1.11 bits per heavy atom. The molecule has 4 aromatic rings. The lowest BCUT2D eigenvalue weighted by Gasteiger charge is -2.03. The van der Waals surface area contributed by atoms with E-state index in [0.29, 0.717) is 11.1 Å². The van der Waals surface area contributed by atoms with E-state index in [1.165, 1.54) is 19.4 Å². The van der Waals surface area contributed by atoms with Crippen LogP contribution in [0.5, 0.6) is 11.5 Å². The number of aromatic amines is 2. The standard InChI is InChI=1S/C19H16N4O4/c1-10-3-5-13-12(7-10)16-17(21-13)18(25)23(19(26)22-16)20-9-11-4-6-14(24)15(8-11)27-2/h3-9,21,24H,1-2H3,(H,22,26). The molecule has 0 aliphatic heterocycles. The van der Waals surface area contributed by atoms with Crippen molar-refractivity contribution in [3.63, 3.8) is 0 Å². The number of phenolic OH excluding ortho intramolecular Hbond substituents is 1. The van der Waals surface area contributed by atoms with Crippen molar-refractivity contribution in [3.05, 3.63) is 68.4 Å². The van der Waals surface area contributed by atoms with Gasteiger partial charge in [-0.15, -0.1) is 4.68 Å². The summed E-state index contributed by atoms with van der Waals surface area (Å²) in [6.07, 6.45) is 1.34. The van der Waals surface area contributed by atoms with Gasteiger partial charge in [0.15, 0.2) is 11.5 Å². The fourth-order valence-corrected chi connectivity index (χ4v) is 2.96. The number of benzene rings is 2. The number of methoxy groups -OCH3 is 1. The Kier molecular flexibility index (Phi) is 3.80. The van der Waals surface area contributed by atoms with E-state index in [9.17, 15) is 14.7 Å². The minimum atomic E-state index is -0.642. The molecule has 0 spiro atoms. The summed E-state index contributed by atoms with van der Waals surface area (Å²) in [5.41, 5.74) is 1.88. The molecular formula is C19H16N4O4. The van der Waals surface area contributed by atoms with Gasteiger partial charge in [-0.1, -0.05) is 11.6 Å². The third-order valence-electron chi connectivity index (χ3n) is 4.31. The highest BCUT2D eigenvalue weighted by Gasteiger charge is 2.12. The van der Waals surface area contributed by atoms with Gasteiger partial charge >= 0.3 is 11.2 Å². The topological polar surface area (TPSA) is 112 Å². The number of hydrogen-bond donors (Lipinski definition) is 3. The molecule has 0 radical (unpaired) electrons. The molecule has 2 aromatic carbocycles. The van der Waals surface area contributed by atoms with E-state index in [1.807, 2.05) is 25.1 Å². The van der Waals surface area contributed by atoms with Crippen molar-refractivity contribution in [1.82, 2.24) is 14.6 Å². The van der Waals surface area contributed by atoms with Crippen molar-refractivity contribution in [1.29, 1.82) is 0 Å². The zero-order valence-electron chi connectivity index (χ0n) is 14.6. The number of hydrogen-bond acceptors (Lipinski definition) is 5. The van der Waals surface area contributed by atoms with Crippen LogP contribution in [0.15, 0.2) is 51.1 Å². The SMILES string of the molecule is COc1cc(C=Nn2c(=O)[nH]c3c([nH]c4ccc(C)cc43)c2=O)ccc1O. The van der Waals surface area contributed by atoms with Crippen molar-refractivity contribution in [2.75, 3.05) is 7.11 Å². The number of nitrogens with one attached hydrogen (secondary N) is 2. The Bertz CT molecular complexity index is 1330.